The molecule has 14 heavy (non-hydrogen) atoms. The smallest absolute Gasteiger partial charge is 0.376 e. The van der Waals surface area contributed by atoms with Gasteiger partial charge in [-0.05, 0) is 12.1 Å². The fourth-order valence-corrected chi connectivity index (χ4v) is 3.71. The molecule has 1 rings (SSSR count). The molecule has 1 atom stereocenters. The van der Waals surface area contributed by atoms with Crippen LogP contribution in [0.1, 0.15) is 18.2 Å². The Hall–Kier alpha value is -0.623. The minimum atomic E-state index is -2.56. The molecule has 1 N–H and O–H groups in total. The first kappa shape index (κ1) is 11.5. The number of aromatic amines is 1. The van der Waals surface area contributed by atoms with E-state index in [1.165, 1.54) is 0 Å². The van der Waals surface area contributed by atoms with E-state index in [4.69, 9.17) is 13.3 Å². The van der Waals surface area contributed by atoms with Crippen LogP contribution in [0.2, 0.25) is 0 Å². The average Bonchev–Trinajstić information content (AvgIpc) is 2.74. The van der Waals surface area contributed by atoms with Gasteiger partial charge in [0.1, 0.15) is 0 Å². The van der Waals surface area contributed by atoms with Gasteiger partial charge in [0, 0.05) is 33.2 Å². The molecular weight excluding hydrogens is 198 g/mol. The molecule has 1 aromatic rings. The Bertz CT molecular complexity index is 251. The summed E-state index contributed by atoms with van der Waals surface area (Å²) in [7, 11) is 2.31. The molecular formula is C9H17NO3Si. The lowest BCUT2D eigenvalue weighted by Gasteiger charge is -2.29. The van der Waals surface area contributed by atoms with Crippen LogP contribution in [0, 0.1) is 0 Å². The van der Waals surface area contributed by atoms with Gasteiger partial charge in [-0.25, -0.2) is 0 Å². The van der Waals surface area contributed by atoms with Crippen molar-refractivity contribution in [3.05, 3.63) is 24.0 Å². The van der Waals surface area contributed by atoms with Crippen molar-refractivity contribution in [3.63, 3.8) is 0 Å². The van der Waals surface area contributed by atoms with E-state index in [9.17, 15) is 0 Å². The van der Waals surface area contributed by atoms with Crippen molar-refractivity contribution in [3.8, 4) is 0 Å². The third-order valence-electron chi connectivity index (χ3n) is 2.47. The number of hydrogen-bond acceptors (Lipinski definition) is 3. The summed E-state index contributed by atoms with van der Waals surface area (Å²) in [6.07, 6.45) is 1.88. The monoisotopic (exact) mass is 215 g/mol. The van der Waals surface area contributed by atoms with Gasteiger partial charge in [0.05, 0.1) is 5.54 Å². The van der Waals surface area contributed by atoms with Gasteiger partial charge in [-0.3, -0.25) is 0 Å². The minimum Gasteiger partial charge on any atom is -0.376 e. The van der Waals surface area contributed by atoms with E-state index in [0.29, 0.717) is 0 Å². The van der Waals surface area contributed by atoms with Gasteiger partial charge >= 0.3 is 8.80 Å². The summed E-state index contributed by atoms with van der Waals surface area (Å²) in [5.41, 5.74) is 1.18. The fourth-order valence-electron chi connectivity index (χ4n) is 1.58. The van der Waals surface area contributed by atoms with Crippen molar-refractivity contribution in [2.24, 2.45) is 0 Å². The van der Waals surface area contributed by atoms with Gasteiger partial charge in [0.2, 0.25) is 0 Å². The van der Waals surface area contributed by atoms with Crippen molar-refractivity contribution < 1.29 is 13.3 Å². The lowest BCUT2D eigenvalue weighted by atomic mass is 10.3. The van der Waals surface area contributed by atoms with Crippen LogP contribution >= 0.6 is 0 Å². The first-order valence-electron chi connectivity index (χ1n) is 4.49. The highest BCUT2D eigenvalue weighted by atomic mass is 28.4. The third-order valence-corrected chi connectivity index (χ3v) is 5.55. The molecule has 0 bridgehead atoms. The van der Waals surface area contributed by atoms with Crippen molar-refractivity contribution in [1.29, 1.82) is 0 Å². The van der Waals surface area contributed by atoms with Crippen LogP contribution in [0.25, 0.3) is 0 Å². The summed E-state index contributed by atoms with van der Waals surface area (Å²) < 4.78 is 16.2. The van der Waals surface area contributed by atoms with Crippen molar-refractivity contribution in [1.82, 2.24) is 4.98 Å². The van der Waals surface area contributed by atoms with E-state index in [2.05, 4.69) is 4.98 Å². The first-order valence-corrected chi connectivity index (χ1v) is 6.29. The maximum Gasteiger partial charge on any atom is 0.509 e. The highest BCUT2D eigenvalue weighted by molar-refractivity contribution is 6.62. The van der Waals surface area contributed by atoms with Gasteiger partial charge in [-0.15, -0.1) is 0 Å². The second-order valence-electron chi connectivity index (χ2n) is 3.06. The summed E-state index contributed by atoms with van der Waals surface area (Å²) in [4.78, 5) is 3.14. The molecule has 0 aromatic carbocycles. The Morgan fingerprint density at radius 1 is 1.21 bits per heavy atom. The van der Waals surface area contributed by atoms with Crippen LogP contribution < -0.4 is 0 Å². The van der Waals surface area contributed by atoms with Gasteiger partial charge in [-0.2, -0.15) is 0 Å². The molecule has 0 saturated heterocycles. The second kappa shape index (κ2) is 4.74. The van der Waals surface area contributed by atoms with Crippen LogP contribution in [0.15, 0.2) is 18.3 Å². The van der Waals surface area contributed by atoms with Crippen LogP contribution in [0.4, 0.5) is 0 Å². The zero-order valence-corrected chi connectivity index (χ0v) is 10.0. The topological polar surface area (TPSA) is 43.5 Å². The van der Waals surface area contributed by atoms with Crippen molar-refractivity contribution in [2.75, 3.05) is 21.3 Å². The average molecular weight is 215 g/mol. The van der Waals surface area contributed by atoms with Crippen molar-refractivity contribution >= 4 is 8.80 Å². The number of nitrogens with one attached hydrogen (secondary N) is 1. The molecule has 0 aliphatic carbocycles. The lowest BCUT2D eigenvalue weighted by Crippen LogP contribution is -2.48. The largest absolute Gasteiger partial charge is 0.509 e. The Morgan fingerprint density at radius 3 is 2.14 bits per heavy atom. The van der Waals surface area contributed by atoms with Gasteiger partial charge in [0.15, 0.2) is 0 Å². The summed E-state index contributed by atoms with van der Waals surface area (Å²) >= 11 is 0. The standard InChI is InChI=1S/C9H17NO3Si/c1-8(9-6-5-7-10-9)14(11-2,12-3)13-4/h5-8,10H,1-4H3. The summed E-state index contributed by atoms with van der Waals surface area (Å²) in [5.74, 6) is 0. The number of rotatable bonds is 5. The summed E-state index contributed by atoms with van der Waals surface area (Å²) in [6.45, 7) is 2.04. The molecule has 1 aromatic heterocycles. The Kier molecular flexibility index (Phi) is 3.88. The van der Waals surface area contributed by atoms with E-state index >= 15 is 0 Å². The molecule has 0 aliphatic heterocycles. The van der Waals surface area contributed by atoms with E-state index in [0.717, 1.165) is 5.69 Å². The third kappa shape index (κ3) is 1.90. The van der Waals surface area contributed by atoms with Crippen molar-refractivity contribution in [2.45, 2.75) is 12.5 Å². The summed E-state index contributed by atoms with van der Waals surface area (Å²) in [6, 6.07) is 3.95. The highest BCUT2D eigenvalue weighted by Crippen LogP contribution is 2.26. The van der Waals surface area contributed by atoms with Crippen LogP contribution in [-0.2, 0) is 13.3 Å². The Balaban J connectivity index is 2.89. The molecule has 0 aliphatic rings. The van der Waals surface area contributed by atoms with Gasteiger partial charge in [-0.1, -0.05) is 6.92 Å². The van der Waals surface area contributed by atoms with E-state index in [1.807, 2.05) is 25.3 Å². The van der Waals surface area contributed by atoms with Gasteiger partial charge < -0.3 is 18.3 Å². The van der Waals surface area contributed by atoms with Gasteiger partial charge in [0.25, 0.3) is 0 Å². The maximum atomic E-state index is 5.40. The maximum absolute atomic E-state index is 5.40. The van der Waals surface area contributed by atoms with E-state index in [1.54, 1.807) is 21.3 Å². The highest BCUT2D eigenvalue weighted by Gasteiger charge is 2.45. The van der Waals surface area contributed by atoms with E-state index in [-0.39, 0.29) is 5.54 Å². The summed E-state index contributed by atoms with van der Waals surface area (Å²) in [5, 5.41) is 0. The minimum absolute atomic E-state index is 0.109. The van der Waals surface area contributed by atoms with Crippen LogP contribution in [0.5, 0.6) is 0 Å². The molecule has 0 amide bonds. The quantitative estimate of drug-likeness (QED) is 0.758. The normalized spacial score (nSPS) is 14.3. The Morgan fingerprint density at radius 2 is 1.79 bits per heavy atom. The number of aromatic nitrogens is 1. The number of H-pyrrole nitrogens is 1. The molecule has 0 fully saturated rings. The molecule has 0 radical (unpaired) electrons. The predicted octanol–water partition coefficient (Wildman–Crippen LogP) is 1.54. The number of hydrogen-bond donors (Lipinski definition) is 1. The molecule has 0 saturated carbocycles. The second-order valence-corrected chi connectivity index (χ2v) is 6.36. The van der Waals surface area contributed by atoms with Crippen LogP contribution in [0.3, 0.4) is 0 Å². The lowest BCUT2D eigenvalue weighted by molar-refractivity contribution is 0.114. The predicted molar refractivity (Wildman–Crippen MR) is 56.0 cm³/mol. The molecule has 5 heteroatoms. The molecule has 80 valence electrons. The molecule has 0 spiro atoms. The molecule has 1 unspecified atom stereocenters. The molecule has 4 nitrogen and oxygen atoms in total. The first-order chi connectivity index (χ1) is 6.70. The fraction of sp³-hybridized carbons (Fsp3) is 0.556. The Labute approximate surface area is 85.6 Å². The zero-order chi connectivity index (χ0) is 10.6. The van der Waals surface area contributed by atoms with Crippen LogP contribution in [-0.4, -0.2) is 35.1 Å². The SMILES string of the molecule is CO[Si](OC)(OC)C(C)c1ccc[nH]1. The molecule has 1 heterocycles. The zero-order valence-electron chi connectivity index (χ0n) is 9.03. The van der Waals surface area contributed by atoms with E-state index < -0.39 is 8.80 Å².